The molecule has 0 bridgehead atoms. The Labute approximate surface area is 193 Å². The zero-order valence-corrected chi connectivity index (χ0v) is 18.8. The molecule has 0 aliphatic carbocycles. The third-order valence-electron chi connectivity index (χ3n) is 3.90. The summed E-state index contributed by atoms with van der Waals surface area (Å²) in [6.07, 6.45) is 0. The number of methoxy groups -OCH3 is 1. The van der Waals surface area contributed by atoms with E-state index in [9.17, 15) is 27.5 Å². The van der Waals surface area contributed by atoms with Crippen molar-refractivity contribution in [3.8, 4) is 5.75 Å². The van der Waals surface area contributed by atoms with Crippen molar-refractivity contribution in [3.63, 3.8) is 0 Å². The summed E-state index contributed by atoms with van der Waals surface area (Å²) >= 11 is 6.25. The topological polar surface area (TPSA) is 76.2 Å². The zero-order valence-electron chi connectivity index (χ0n) is 18.0. The van der Waals surface area contributed by atoms with E-state index >= 15 is 0 Å². The van der Waals surface area contributed by atoms with Crippen LogP contribution < -0.4 is 9.64 Å². The van der Waals surface area contributed by atoms with E-state index < -0.39 is 7.25 Å². The Morgan fingerprint density at radius 2 is 1.76 bits per heavy atom. The minimum Gasteiger partial charge on any atom is -0.489 e. The van der Waals surface area contributed by atoms with E-state index in [4.69, 9.17) is 25.8 Å². The number of diazo groups is 1. The van der Waals surface area contributed by atoms with Crippen molar-refractivity contribution in [2.24, 2.45) is 0 Å². The van der Waals surface area contributed by atoms with E-state index in [1.165, 1.54) is 6.92 Å². The van der Waals surface area contributed by atoms with Crippen molar-refractivity contribution >= 4 is 36.2 Å². The first kappa shape index (κ1) is 28.0. The molecule has 0 aromatic heterocycles. The quantitative estimate of drug-likeness (QED) is 0.139. The molecule has 0 spiro atoms. The van der Waals surface area contributed by atoms with E-state index in [1.54, 1.807) is 19.2 Å². The number of ether oxygens (including phenoxy) is 3. The number of hydrogen-bond donors (Lipinski definition) is 0. The van der Waals surface area contributed by atoms with Crippen LogP contribution in [0.3, 0.4) is 0 Å². The third-order valence-corrected chi connectivity index (χ3v) is 4.21. The average molecular weight is 492 g/mol. The number of nitrogens with zero attached hydrogens (tertiary/aromatic N) is 3. The first-order valence-electron chi connectivity index (χ1n) is 9.65. The molecule has 2 rings (SSSR count). The number of halogens is 5. The fraction of sp³-hybridized carbons (Fsp3) is 0.350. The molecule has 0 saturated carbocycles. The van der Waals surface area contributed by atoms with Crippen LogP contribution >= 0.6 is 11.6 Å². The van der Waals surface area contributed by atoms with Gasteiger partial charge in [0.2, 0.25) is 5.39 Å². The predicted molar refractivity (Wildman–Crippen MR) is 118 cm³/mol. The highest BCUT2D eigenvalue weighted by molar-refractivity contribution is 6.50. The maximum absolute atomic E-state index is 11.2. The highest BCUT2D eigenvalue weighted by atomic mass is 35.5. The Hall–Kier alpha value is -3.04. The first-order chi connectivity index (χ1) is 15.5. The maximum atomic E-state index is 11.2. The molecule has 0 heterocycles. The van der Waals surface area contributed by atoms with Crippen molar-refractivity contribution in [2.75, 3.05) is 38.4 Å². The number of anilines is 1. The summed E-state index contributed by atoms with van der Waals surface area (Å²) < 4.78 is 55.0. The molecule has 0 fully saturated rings. The molecule has 7 nitrogen and oxygen atoms in total. The lowest BCUT2D eigenvalue weighted by Crippen LogP contribution is -2.28. The van der Waals surface area contributed by atoms with Gasteiger partial charge in [-0.3, -0.25) is 4.79 Å². The summed E-state index contributed by atoms with van der Waals surface area (Å²) in [5.74, 6) is 0.150. The van der Waals surface area contributed by atoms with Gasteiger partial charge >= 0.3 is 18.9 Å². The van der Waals surface area contributed by atoms with Crippen LogP contribution in [-0.2, 0) is 20.8 Å². The van der Waals surface area contributed by atoms with E-state index in [2.05, 4.69) is 4.98 Å². The largest absolute Gasteiger partial charge is 0.673 e. The molecule has 0 aliphatic heterocycles. The predicted octanol–water partition coefficient (Wildman–Crippen LogP) is 5.72. The highest BCUT2D eigenvalue weighted by Crippen LogP contribution is 2.39. The molecule has 0 radical (unpaired) electrons. The summed E-state index contributed by atoms with van der Waals surface area (Å²) in [5.41, 5.74) is 1.97. The van der Waals surface area contributed by atoms with Crippen molar-refractivity contribution in [3.05, 3.63) is 58.0 Å². The molecule has 180 valence electrons. The highest BCUT2D eigenvalue weighted by Gasteiger charge is 2.22. The SMILES string of the molecule is COCCOc1cc([N+]#N)c(Cl)cc1N(CCOC(C)=O)Cc1ccccc1.F[B-](F)(F)F. The lowest BCUT2D eigenvalue weighted by Gasteiger charge is -2.26. The second-order valence-corrected chi connectivity index (χ2v) is 6.86. The van der Waals surface area contributed by atoms with Gasteiger partial charge in [-0.15, -0.1) is 0 Å². The van der Waals surface area contributed by atoms with Crippen LogP contribution in [0.4, 0.5) is 28.6 Å². The van der Waals surface area contributed by atoms with Gasteiger partial charge in [-0.2, -0.15) is 0 Å². The van der Waals surface area contributed by atoms with Crippen LogP contribution in [0.2, 0.25) is 5.02 Å². The van der Waals surface area contributed by atoms with Gasteiger partial charge in [0, 0.05) is 20.6 Å². The monoisotopic (exact) mass is 491 g/mol. The molecule has 0 N–H and O–H groups in total. The van der Waals surface area contributed by atoms with Gasteiger partial charge in [-0.25, -0.2) is 0 Å². The Bertz CT molecular complexity index is 924. The van der Waals surface area contributed by atoms with Crippen LogP contribution in [0, 0.1) is 5.39 Å². The number of esters is 1. The molecule has 2 aromatic carbocycles. The molecule has 33 heavy (non-hydrogen) atoms. The second kappa shape index (κ2) is 14.2. The Morgan fingerprint density at radius 1 is 1.12 bits per heavy atom. The molecular weight excluding hydrogens is 468 g/mol. The van der Waals surface area contributed by atoms with Crippen molar-refractivity contribution in [1.82, 2.24) is 0 Å². The van der Waals surface area contributed by atoms with Crippen molar-refractivity contribution in [2.45, 2.75) is 13.5 Å². The fourth-order valence-corrected chi connectivity index (χ4v) is 2.79. The molecule has 0 atom stereocenters. The van der Waals surface area contributed by atoms with E-state index in [-0.39, 0.29) is 23.3 Å². The zero-order chi connectivity index (χ0) is 24.9. The molecule has 2 aromatic rings. The molecule has 0 aliphatic rings. The standard InChI is InChI=1S/C20H23ClN3O4.BF4/c1-15(25)27-9-8-24(14-16-6-4-3-5-7-16)19-12-17(21)18(23-22)13-20(19)28-11-10-26-2;2-1(3,4)5/h3-7,12-13H,8-11,14H2,1-2H3;/q+1;-1. The van der Waals surface area contributed by atoms with Gasteiger partial charge < -0.3 is 36.4 Å². The summed E-state index contributed by atoms with van der Waals surface area (Å²) in [4.78, 5) is 16.3. The maximum Gasteiger partial charge on any atom is 0.673 e. The van der Waals surface area contributed by atoms with Crippen LogP contribution in [0.25, 0.3) is 4.98 Å². The first-order valence-corrected chi connectivity index (χ1v) is 10.0. The third kappa shape index (κ3) is 12.0. The number of benzene rings is 2. The van der Waals surface area contributed by atoms with Gasteiger partial charge in [-0.05, 0) is 11.6 Å². The van der Waals surface area contributed by atoms with Crippen LogP contribution in [-0.4, -0.2) is 46.7 Å². The van der Waals surface area contributed by atoms with E-state index in [0.717, 1.165) is 5.56 Å². The number of rotatable bonds is 10. The Kier molecular flexibility index (Phi) is 12.0. The molecule has 0 unspecified atom stereocenters. The summed E-state index contributed by atoms with van der Waals surface area (Å²) in [7, 11) is -4.42. The van der Waals surface area contributed by atoms with Crippen molar-refractivity contribution in [1.29, 1.82) is 5.39 Å². The minimum atomic E-state index is -6.00. The van der Waals surface area contributed by atoms with E-state index in [1.807, 2.05) is 35.2 Å². The van der Waals surface area contributed by atoms with E-state index in [0.29, 0.717) is 37.7 Å². The summed E-state index contributed by atoms with van der Waals surface area (Å²) in [6.45, 7) is 3.29. The average Bonchev–Trinajstić information content (AvgIpc) is 2.73. The Morgan fingerprint density at radius 3 is 2.30 bits per heavy atom. The summed E-state index contributed by atoms with van der Waals surface area (Å²) in [6, 6.07) is 13.1. The molecule has 13 heteroatoms. The van der Waals surface area contributed by atoms with Crippen LogP contribution in [0.15, 0.2) is 42.5 Å². The lowest BCUT2D eigenvalue weighted by atomic mass is 10.1. The van der Waals surface area contributed by atoms with Gasteiger partial charge in [0.25, 0.3) is 0 Å². The van der Waals surface area contributed by atoms with Crippen molar-refractivity contribution < 1.29 is 36.3 Å². The molecule has 0 saturated heterocycles. The van der Waals surface area contributed by atoms with Gasteiger partial charge in [0.1, 0.15) is 18.2 Å². The van der Waals surface area contributed by atoms with Gasteiger partial charge in [0.05, 0.1) is 24.9 Å². The molecular formula is C20H23BClF4N3O4. The van der Waals surface area contributed by atoms with Crippen LogP contribution in [0.5, 0.6) is 5.75 Å². The van der Waals surface area contributed by atoms with Gasteiger partial charge in [-0.1, -0.05) is 41.9 Å². The van der Waals surface area contributed by atoms with Crippen LogP contribution in [0.1, 0.15) is 12.5 Å². The minimum absolute atomic E-state index is 0.206. The number of carbonyl (C=O) groups is 1. The van der Waals surface area contributed by atoms with Gasteiger partial charge in [0.15, 0.2) is 10.7 Å². The molecule has 0 amide bonds. The smallest absolute Gasteiger partial charge is 0.489 e. The Balaban J connectivity index is 0.000000981. The lowest BCUT2D eigenvalue weighted by molar-refractivity contribution is -0.140. The summed E-state index contributed by atoms with van der Waals surface area (Å²) in [5, 5.41) is 9.45. The second-order valence-electron chi connectivity index (χ2n) is 6.45. The number of hydrogen-bond acceptors (Lipinski definition) is 6. The normalized spacial score (nSPS) is 10.5. The fourth-order valence-electron chi connectivity index (χ4n) is 2.59. The number of carbonyl (C=O) groups excluding carboxylic acids is 1.